The number of hydrogen-bond donors (Lipinski definition) is 2. The number of hydrogen-bond acceptors (Lipinski definition) is 3. The van der Waals surface area contributed by atoms with Gasteiger partial charge in [0.25, 0.3) is 5.91 Å². The molecule has 1 fully saturated rings. The van der Waals surface area contributed by atoms with Crippen molar-refractivity contribution in [1.82, 2.24) is 5.32 Å². The van der Waals surface area contributed by atoms with E-state index in [0.717, 1.165) is 25.0 Å². The summed E-state index contributed by atoms with van der Waals surface area (Å²) in [6, 6.07) is 7.14. The molecule has 1 aromatic carbocycles. The van der Waals surface area contributed by atoms with E-state index in [2.05, 4.69) is 12.2 Å². The molecule has 1 aliphatic rings. The maximum atomic E-state index is 11.9. The zero-order valence-electron chi connectivity index (χ0n) is 11.3. The summed E-state index contributed by atoms with van der Waals surface area (Å²) >= 11 is 0. The van der Waals surface area contributed by atoms with Crippen molar-refractivity contribution < 1.29 is 14.6 Å². The predicted octanol–water partition coefficient (Wildman–Crippen LogP) is 1.98. The van der Waals surface area contributed by atoms with Gasteiger partial charge in [-0.15, -0.1) is 0 Å². The number of ether oxygens (including phenoxy) is 1. The Morgan fingerprint density at radius 2 is 2.05 bits per heavy atom. The average molecular weight is 263 g/mol. The lowest BCUT2D eigenvalue weighted by molar-refractivity contribution is 0.0935. The fraction of sp³-hybridized carbons (Fsp3) is 0.533. The van der Waals surface area contributed by atoms with Gasteiger partial charge in [-0.05, 0) is 43.5 Å². The first-order valence-corrected chi connectivity index (χ1v) is 6.81. The van der Waals surface area contributed by atoms with E-state index in [1.807, 2.05) is 12.1 Å². The molecule has 4 heteroatoms. The number of rotatable bonds is 7. The average Bonchev–Trinajstić information content (AvgIpc) is 3.24. The lowest BCUT2D eigenvalue weighted by atomic mass is 10.1. The Morgan fingerprint density at radius 3 is 2.58 bits per heavy atom. The molecule has 1 amide bonds. The first kappa shape index (κ1) is 13.9. The summed E-state index contributed by atoms with van der Waals surface area (Å²) in [4.78, 5) is 11.9. The highest BCUT2D eigenvalue weighted by Gasteiger charge is 2.42. The fourth-order valence-electron chi connectivity index (χ4n) is 1.86. The molecule has 1 aliphatic carbocycles. The Labute approximate surface area is 113 Å². The summed E-state index contributed by atoms with van der Waals surface area (Å²) in [7, 11) is 0. The predicted molar refractivity (Wildman–Crippen MR) is 73.3 cm³/mol. The van der Waals surface area contributed by atoms with Crippen LogP contribution < -0.4 is 10.1 Å². The maximum absolute atomic E-state index is 11.9. The van der Waals surface area contributed by atoms with Crippen LogP contribution in [0.3, 0.4) is 0 Å². The number of carbonyl (C=O) groups excluding carboxylic acids is 1. The topological polar surface area (TPSA) is 58.6 Å². The van der Waals surface area contributed by atoms with Crippen molar-refractivity contribution >= 4 is 5.91 Å². The van der Waals surface area contributed by atoms with Crippen molar-refractivity contribution in [2.75, 3.05) is 19.8 Å². The van der Waals surface area contributed by atoms with Gasteiger partial charge in [-0.3, -0.25) is 4.79 Å². The molecule has 104 valence electrons. The first-order chi connectivity index (χ1) is 9.19. The molecular formula is C15H21NO3. The Balaban J connectivity index is 1.85. The Morgan fingerprint density at radius 1 is 1.37 bits per heavy atom. The molecule has 0 atom stereocenters. The molecule has 0 bridgehead atoms. The van der Waals surface area contributed by atoms with Gasteiger partial charge in [0.15, 0.2) is 0 Å². The van der Waals surface area contributed by atoms with Crippen molar-refractivity contribution in [2.24, 2.45) is 5.41 Å². The van der Waals surface area contributed by atoms with Crippen molar-refractivity contribution in [3.63, 3.8) is 0 Å². The van der Waals surface area contributed by atoms with Crippen LogP contribution in [0.25, 0.3) is 0 Å². The van der Waals surface area contributed by atoms with E-state index in [9.17, 15) is 9.90 Å². The molecule has 0 aromatic heterocycles. The lowest BCUT2D eigenvalue weighted by Gasteiger charge is -2.13. The molecule has 2 rings (SSSR count). The molecule has 2 N–H and O–H groups in total. The smallest absolute Gasteiger partial charge is 0.251 e. The number of aliphatic hydroxyl groups is 1. The minimum atomic E-state index is -0.0956. The van der Waals surface area contributed by atoms with Crippen LogP contribution >= 0.6 is 0 Å². The van der Waals surface area contributed by atoms with Crippen molar-refractivity contribution in [3.8, 4) is 5.75 Å². The Kier molecular flexibility index (Phi) is 4.43. The van der Waals surface area contributed by atoms with Crippen LogP contribution in [0.5, 0.6) is 5.75 Å². The van der Waals surface area contributed by atoms with E-state index in [4.69, 9.17) is 4.74 Å². The number of amides is 1. The number of aliphatic hydroxyl groups excluding tert-OH is 1. The maximum Gasteiger partial charge on any atom is 0.251 e. The third-order valence-corrected chi connectivity index (χ3v) is 3.51. The van der Waals surface area contributed by atoms with E-state index in [-0.39, 0.29) is 17.9 Å². The highest BCUT2D eigenvalue weighted by Crippen LogP contribution is 2.44. The quantitative estimate of drug-likeness (QED) is 0.791. The summed E-state index contributed by atoms with van der Waals surface area (Å²) in [6.45, 7) is 3.44. The van der Waals surface area contributed by atoms with E-state index in [0.29, 0.717) is 18.7 Å². The van der Waals surface area contributed by atoms with Crippen molar-refractivity contribution in [1.29, 1.82) is 0 Å². The third-order valence-electron chi connectivity index (χ3n) is 3.51. The second-order valence-corrected chi connectivity index (χ2v) is 5.21. The van der Waals surface area contributed by atoms with Gasteiger partial charge in [0.05, 0.1) is 13.2 Å². The lowest BCUT2D eigenvalue weighted by Crippen LogP contribution is -2.31. The minimum Gasteiger partial charge on any atom is -0.494 e. The van der Waals surface area contributed by atoms with Gasteiger partial charge in [0.2, 0.25) is 0 Å². The van der Waals surface area contributed by atoms with Gasteiger partial charge in [-0.1, -0.05) is 6.92 Å². The largest absolute Gasteiger partial charge is 0.494 e. The molecule has 19 heavy (non-hydrogen) atoms. The third kappa shape index (κ3) is 3.70. The van der Waals surface area contributed by atoms with E-state index in [1.165, 1.54) is 0 Å². The number of benzene rings is 1. The molecule has 0 aliphatic heterocycles. The Bertz CT molecular complexity index is 424. The van der Waals surface area contributed by atoms with Crippen LogP contribution in [0.2, 0.25) is 0 Å². The Hall–Kier alpha value is -1.55. The van der Waals surface area contributed by atoms with Crippen LogP contribution in [0.15, 0.2) is 24.3 Å². The monoisotopic (exact) mass is 263 g/mol. The summed E-state index contributed by atoms with van der Waals surface area (Å²) in [6.07, 6.45) is 2.95. The van der Waals surface area contributed by atoms with Crippen molar-refractivity contribution in [3.05, 3.63) is 29.8 Å². The van der Waals surface area contributed by atoms with Crippen molar-refractivity contribution in [2.45, 2.75) is 26.2 Å². The molecule has 0 spiro atoms. The summed E-state index contributed by atoms with van der Waals surface area (Å²) < 4.78 is 5.47. The molecule has 0 heterocycles. The molecule has 0 radical (unpaired) electrons. The summed E-state index contributed by atoms with van der Waals surface area (Å²) in [5.74, 6) is 0.689. The summed E-state index contributed by atoms with van der Waals surface area (Å²) in [5.41, 5.74) is 0.567. The number of nitrogens with one attached hydrogen (secondary N) is 1. The molecule has 1 aromatic rings. The van der Waals surface area contributed by atoms with Crippen LogP contribution in [0, 0.1) is 5.41 Å². The van der Waals surface area contributed by atoms with Gasteiger partial charge in [0.1, 0.15) is 5.75 Å². The van der Waals surface area contributed by atoms with Gasteiger partial charge < -0.3 is 15.2 Å². The highest BCUT2D eigenvalue weighted by atomic mass is 16.5. The van der Waals surface area contributed by atoms with Crippen LogP contribution in [-0.4, -0.2) is 30.8 Å². The van der Waals surface area contributed by atoms with Gasteiger partial charge >= 0.3 is 0 Å². The van der Waals surface area contributed by atoms with Gasteiger partial charge in [0, 0.05) is 17.5 Å². The second-order valence-electron chi connectivity index (χ2n) is 5.21. The van der Waals surface area contributed by atoms with E-state index >= 15 is 0 Å². The molecule has 0 saturated heterocycles. The standard InChI is InChI=1S/C15H21NO3/c1-2-9-19-13-5-3-12(4-6-13)14(18)16-10-15(11-17)7-8-15/h3-6,17H,2,7-11H2,1H3,(H,16,18). The van der Waals surface area contributed by atoms with E-state index < -0.39 is 0 Å². The first-order valence-electron chi connectivity index (χ1n) is 6.81. The number of carbonyl (C=O) groups is 1. The SMILES string of the molecule is CCCOc1ccc(C(=O)NCC2(CO)CC2)cc1. The minimum absolute atomic E-state index is 0.0557. The normalized spacial score (nSPS) is 15.9. The zero-order chi connectivity index (χ0) is 13.7. The van der Waals surface area contributed by atoms with Crippen LogP contribution in [0.4, 0.5) is 0 Å². The summed E-state index contributed by atoms with van der Waals surface area (Å²) in [5, 5.41) is 12.1. The highest BCUT2D eigenvalue weighted by molar-refractivity contribution is 5.94. The van der Waals surface area contributed by atoms with Crippen LogP contribution in [0.1, 0.15) is 36.5 Å². The van der Waals surface area contributed by atoms with Gasteiger partial charge in [-0.25, -0.2) is 0 Å². The zero-order valence-corrected chi connectivity index (χ0v) is 11.3. The molecule has 4 nitrogen and oxygen atoms in total. The second kappa shape index (κ2) is 6.06. The van der Waals surface area contributed by atoms with Crippen LogP contribution in [-0.2, 0) is 0 Å². The fourth-order valence-corrected chi connectivity index (χ4v) is 1.86. The molecule has 0 unspecified atom stereocenters. The molecule has 1 saturated carbocycles. The van der Waals surface area contributed by atoms with Gasteiger partial charge in [-0.2, -0.15) is 0 Å². The van der Waals surface area contributed by atoms with E-state index in [1.54, 1.807) is 12.1 Å². The molecular weight excluding hydrogens is 242 g/mol.